The van der Waals surface area contributed by atoms with E-state index in [4.69, 9.17) is 0 Å². The van der Waals surface area contributed by atoms with Gasteiger partial charge in [0.1, 0.15) is 12.0 Å². The number of hydrogen-bond acceptors (Lipinski definition) is 6. The third-order valence-electron chi connectivity index (χ3n) is 3.25. The molecule has 0 aliphatic carbocycles. The minimum atomic E-state index is -3.16. The van der Waals surface area contributed by atoms with Crippen LogP contribution in [0.4, 0.5) is 11.5 Å². The van der Waals surface area contributed by atoms with Crippen LogP contribution in [0.1, 0.15) is 5.56 Å². The largest absolute Gasteiger partial charge is 0.354 e. The maximum atomic E-state index is 11.4. The molecule has 0 amide bonds. The number of nitrogens with zero attached hydrogens (tertiary/aromatic N) is 4. The molecule has 0 saturated carbocycles. The number of hydrogen-bond donors (Lipinski definition) is 0. The Kier molecular flexibility index (Phi) is 3.91. The smallest absolute Gasteiger partial charge is 0.287 e. The van der Waals surface area contributed by atoms with Crippen LogP contribution in [0.25, 0.3) is 0 Å². The van der Waals surface area contributed by atoms with Gasteiger partial charge in [-0.1, -0.05) is 0 Å². The SMILES string of the molecule is Cc1cc([N+](=O)[O-])cnc1N1CCN(S(C)(=O)=O)CC1. The predicted molar refractivity (Wildman–Crippen MR) is 74.3 cm³/mol. The number of sulfonamides is 1. The average molecular weight is 300 g/mol. The summed E-state index contributed by atoms with van der Waals surface area (Å²) in [5.74, 6) is 0.670. The quantitative estimate of drug-likeness (QED) is 0.591. The lowest BCUT2D eigenvalue weighted by atomic mass is 10.2. The fraction of sp³-hybridized carbons (Fsp3) is 0.545. The van der Waals surface area contributed by atoms with Crippen LogP contribution in [-0.2, 0) is 10.0 Å². The molecular weight excluding hydrogens is 284 g/mol. The molecule has 0 aromatic carbocycles. The lowest BCUT2D eigenvalue weighted by Crippen LogP contribution is -2.48. The summed E-state index contributed by atoms with van der Waals surface area (Å²) in [6.45, 7) is 3.61. The van der Waals surface area contributed by atoms with Gasteiger partial charge in [-0.2, -0.15) is 4.31 Å². The summed E-state index contributed by atoms with van der Waals surface area (Å²) in [5, 5.41) is 10.7. The molecule has 1 saturated heterocycles. The van der Waals surface area contributed by atoms with Crippen molar-refractivity contribution in [3.05, 3.63) is 27.9 Å². The van der Waals surface area contributed by atoms with Gasteiger partial charge in [0.15, 0.2) is 0 Å². The standard InChI is InChI=1S/C11H16N4O4S/c1-9-7-10(15(16)17)8-12-11(9)13-3-5-14(6-4-13)20(2,18)19/h7-8H,3-6H2,1-2H3. The first-order valence-electron chi connectivity index (χ1n) is 6.10. The van der Waals surface area contributed by atoms with E-state index in [1.165, 1.54) is 22.8 Å². The number of rotatable bonds is 3. The minimum absolute atomic E-state index is 0.0407. The fourth-order valence-corrected chi connectivity index (χ4v) is 3.04. The van der Waals surface area contributed by atoms with Gasteiger partial charge in [-0.25, -0.2) is 13.4 Å². The summed E-state index contributed by atoms with van der Waals surface area (Å²) in [4.78, 5) is 16.3. The Morgan fingerprint density at radius 1 is 1.30 bits per heavy atom. The fourth-order valence-electron chi connectivity index (χ4n) is 2.22. The highest BCUT2D eigenvalue weighted by atomic mass is 32.2. The summed E-state index contributed by atoms with van der Waals surface area (Å²) in [6, 6.07) is 1.48. The molecule has 8 nitrogen and oxygen atoms in total. The Bertz CT molecular complexity index is 623. The van der Waals surface area contributed by atoms with Gasteiger partial charge in [-0.05, 0) is 12.5 Å². The van der Waals surface area contributed by atoms with Crippen LogP contribution in [0, 0.1) is 17.0 Å². The zero-order valence-electron chi connectivity index (χ0n) is 11.3. The minimum Gasteiger partial charge on any atom is -0.354 e. The maximum absolute atomic E-state index is 11.4. The molecule has 0 radical (unpaired) electrons. The molecule has 1 fully saturated rings. The normalized spacial score (nSPS) is 17.2. The third kappa shape index (κ3) is 3.05. The summed E-state index contributed by atoms with van der Waals surface area (Å²) in [7, 11) is -3.16. The number of piperazine rings is 1. The third-order valence-corrected chi connectivity index (χ3v) is 4.56. The Hall–Kier alpha value is -1.74. The van der Waals surface area contributed by atoms with Crippen LogP contribution in [0.15, 0.2) is 12.3 Å². The molecule has 0 spiro atoms. The van der Waals surface area contributed by atoms with E-state index >= 15 is 0 Å². The summed E-state index contributed by atoms with van der Waals surface area (Å²) in [6.07, 6.45) is 2.42. The Labute approximate surface area is 117 Å². The zero-order chi connectivity index (χ0) is 14.9. The Morgan fingerprint density at radius 2 is 1.90 bits per heavy atom. The predicted octanol–water partition coefficient (Wildman–Crippen LogP) is 0.380. The molecule has 1 aliphatic rings. The summed E-state index contributed by atoms with van der Waals surface area (Å²) < 4.78 is 24.3. The van der Waals surface area contributed by atoms with Gasteiger partial charge in [-0.3, -0.25) is 10.1 Å². The van der Waals surface area contributed by atoms with Gasteiger partial charge >= 0.3 is 0 Å². The molecule has 0 N–H and O–H groups in total. The molecule has 2 heterocycles. The topological polar surface area (TPSA) is 96.7 Å². The van der Waals surface area contributed by atoms with Crippen molar-refractivity contribution < 1.29 is 13.3 Å². The lowest BCUT2D eigenvalue weighted by molar-refractivity contribution is -0.385. The van der Waals surface area contributed by atoms with Crippen LogP contribution in [0.5, 0.6) is 0 Å². The first kappa shape index (κ1) is 14.7. The van der Waals surface area contributed by atoms with E-state index in [9.17, 15) is 18.5 Å². The van der Waals surface area contributed by atoms with Gasteiger partial charge in [0.2, 0.25) is 10.0 Å². The molecule has 9 heteroatoms. The molecule has 1 aromatic heterocycles. The van der Waals surface area contributed by atoms with Gasteiger partial charge in [0, 0.05) is 32.2 Å². The number of aromatic nitrogens is 1. The average Bonchev–Trinajstić information content (AvgIpc) is 2.37. The molecule has 110 valence electrons. The van der Waals surface area contributed by atoms with Gasteiger partial charge < -0.3 is 4.90 Å². The zero-order valence-corrected chi connectivity index (χ0v) is 12.1. The second-order valence-electron chi connectivity index (χ2n) is 4.74. The monoisotopic (exact) mass is 300 g/mol. The van der Waals surface area contributed by atoms with E-state index in [1.54, 1.807) is 6.92 Å². The molecule has 1 aliphatic heterocycles. The lowest BCUT2D eigenvalue weighted by Gasteiger charge is -2.34. The van der Waals surface area contributed by atoms with E-state index in [-0.39, 0.29) is 5.69 Å². The van der Waals surface area contributed by atoms with Crippen molar-refractivity contribution in [2.75, 3.05) is 37.3 Å². The van der Waals surface area contributed by atoms with Crippen molar-refractivity contribution in [3.8, 4) is 0 Å². The van der Waals surface area contributed by atoms with Gasteiger partial charge in [0.25, 0.3) is 5.69 Å². The number of aryl methyl sites for hydroxylation is 1. The van der Waals surface area contributed by atoms with E-state index in [1.807, 2.05) is 4.90 Å². The molecular formula is C11H16N4O4S. The molecule has 20 heavy (non-hydrogen) atoms. The van der Waals surface area contributed by atoms with Crippen LogP contribution in [0.3, 0.4) is 0 Å². The highest BCUT2D eigenvalue weighted by Crippen LogP contribution is 2.22. The summed E-state index contributed by atoms with van der Waals surface area (Å²) in [5.41, 5.74) is 0.674. The van der Waals surface area contributed by atoms with Crippen molar-refractivity contribution in [1.82, 2.24) is 9.29 Å². The van der Waals surface area contributed by atoms with Crippen LogP contribution >= 0.6 is 0 Å². The van der Waals surface area contributed by atoms with Gasteiger partial charge in [0.05, 0.1) is 11.2 Å². The second kappa shape index (κ2) is 5.33. The Balaban J connectivity index is 2.13. The van der Waals surface area contributed by atoms with Crippen molar-refractivity contribution in [3.63, 3.8) is 0 Å². The highest BCUT2D eigenvalue weighted by Gasteiger charge is 2.25. The first-order chi connectivity index (χ1) is 9.29. The van der Waals surface area contributed by atoms with E-state index in [2.05, 4.69) is 4.98 Å². The molecule has 1 aromatic rings. The van der Waals surface area contributed by atoms with E-state index in [0.29, 0.717) is 37.6 Å². The Morgan fingerprint density at radius 3 is 2.35 bits per heavy atom. The first-order valence-corrected chi connectivity index (χ1v) is 7.95. The van der Waals surface area contributed by atoms with Gasteiger partial charge in [-0.15, -0.1) is 0 Å². The van der Waals surface area contributed by atoms with E-state index in [0.717, 1.165) is 0 Å². The number of pyridine rings is 1. The molecule has 2 rings (SSSR count). The summed E-state index contributed by atoms with van der Waals surface area (Å²) >= 11 is 0. The molecule has 0 unspecified atom stereocenters. The van der Waals surface area contributed by atoms with Crippen LogP contribution in [-0.4, -0.2) is 55.1 Å². The van der Waals surface area contributed by atoms with Crippen LogP contribution < -0.4 is 4.90 Å². The molecule has 0 atom stereocenters. The van der Waals surface area contributed by atoms with Crippen molar-refractivity contribution in [1.29, 1.82) is 0 Å². The van der Waals surface area contributed by atoms with Crippen molar-refractivity contribution in [2.24, 2.45) is 0 Å². The second-order valence-corrected chi connectivity index (χ2v) is 6.72. The maximum Gasteiger partial charge on any atom is 0.287 e. The van der Waals surface area contributed by atoms with Crippen molar-refractivity contribution >= 4 is 21.5 Å². The number of anilines is 1. The van der Waals surface area contributed by atoms with Crippen molar-refractivity contribution in [2.45, 2.75) is 6.92 Å². The van der Waals surface area contributed by atoms with Crippen LogP contribution in [0.2, 0.25) is 0 Å². The number of nitro groups is 1. The highest BCUT2D eigenvalue weighted by molar-refractivity contribution is 7.88. The molecule has 0 bridgehead atoms. The van der Waals surface area contributed by atoms with E-state index < -0.39 is 14.9 Å².